The van der Waals surface area contributed by atoms with Crippen LogP contribution in [0.15, 0.2) is 12.1 Å². The van der Waals surface area contributed by atoms with Crippen molar-refractivity contribution in [2.24, 2.45) is 23.2 Å². The summed E-state index contributed by atoms with van der Waals surface area (Å²) >= 11 is 0. The van der Waals surface area contributed by atoms with Gasteiger partial charge in [-0.25, -0.2) is 0 Å². The predicted octanol–water partition coefficient (Wildman–Crippen LogP) is 3.86. The van der Waals surface area contributed by atoms with Crippen molar-refractivity contribution in [3.8, 4) is 11.5 Å². The van der Waals surface area contributed by atoms with Gasteiger partial charge in [-0.15, -0.1) is 0 Å². The fourth-order valence-electron chi connectivity index (χ4n) is 6.21. The second-order valence-electron chi connectivity index (χ2n) is 8.33. The Morgan fingerprint density at radius 1 is 1.22 bits per heavy atom. The molecule has 0 aromatic heterocycles. The number of fused-ring (bicyclic) bond motifs is 5. The first-order valence-electron chi connectivity index (χ1n) is 9.03. The Labute approximate surface area is 138 Å². The van der Waals surface area contributed by atoms with Crippen LogP contribution in [0.2, 0.25) is 0 Å². The van der Waals surface area contributed by atoms with Crippen molar-refractivity contribution in [2.75, 3.05) is 7.11 Å². The molecule has 0 amide bonds. The van der Waals surface area contributed by atoms with Crippen molar-refractivity contribution in [3.05, 3.63) is 23.3 Å². The highest BCUT2D eigenvalue weighted by Crippen LogP contribution is 2.63. The van der Waals surface area contributed by atoms with Crippen LogP contribution >= 0.6 is 0 Å². The topological polar surface area (TPSA) is 49.7 Å². The predicted molar refractivity (Wildman–Crippen MR) is 89.8 cm³/mol. The van der Waals surface area contributed by atoms with Gasteiger partial charge in [0.15, 0.2) is 0 Å². The second kappa shape index (κ2) is 5.14. The molecule has 126 valence electrons. The largest absolute Gasteiger partial charge is 0.508 e. The summed E-state index contributed by atoms with van der Waals surface area (Å²) in [5.41, 5.74) is 2.69. The molecule has 1 aromatic rings. The second-order valence-corrected chi connectivity index (χ2v) is 8.33. The molecule has 2 N–H and O–H groups in total. The van der Waals surface area contributed by atoms with E-state index in [0.29, 0.717) is 29.4 Å². The molecule has 0 heterocycles. The molecule has 4 rings (SSSR count). The molecule has 0 saturated heterocycles. The fourth-order valence-corrected chi connectivity index (χ4v) is 6.21. The Balaban J connectivity index is 1.80. The van der Waals surface area contributed by atoms with Crippen molar-refractivity contribution < 1.29 is 14.9 Å². The summed E-state index contributed by atoms with van der Waals surface area (Å²) in [5.74, 6) is 3.49. The number of aliphatic hydroxyl groups excluding tert-OH is 1. The number of benzene rings is 1. The number of aliphatic hydroxyl groups is 1. The monoisotopic (exact) mass is 316 g/mol. The summed E-state index contributed by atoms with van der Waals surface area (Å²) in [6.45, 7) is 4.66. The average Bonchev–Trinajstić information content (AvgIpc) is 2.81. The van der Waals surface area contributed by atoms with E-state index in [2.05, 4.69) is 13.8 Å². The molecule has 3 heteroatoms. The number of phenols is 1. The van der Waals surface area contributed by atoms with E-state index in [1.165, 1.54) is 11.1 Å². The van der Waals surface area contributed by atoms with E-state index in [1.807, 2.05) is 6.07 Å². The lowest BCUT2D eigenvalue weighted by atomic mass is 9.52. The molecule has 2 saturated carbocycles. The number of hydrogen-bond acceptors (Lipinski definition) is 3. The Morgan fingerprint density at radius 3 is 2.74 bits per heavy atom. The fraction of sp³-hybridized carbons (Fsp3) is 0.700. The van der Waals surface area contributed by atoms with Crippen LogP contribution in [0.3, 0.4) is 0 Å². The van der Waals surface area contributed by atoms with Gasteiger partial charge in [-0.05, 0) is 72.8 Å². The van der Waals surface area contributed by atoms with Gasteiger partial charge in [0.1, 0.15) is 11.5 Å². The summed E-state index contributed by atoms with van der Waals surface area (Å²) in [6, 6.07) is 3.70. The van der Waals surface area contributed by atoms with E-state index in [1.54, 1.807) is 13.2 Å². The molecule has 6 atom stereocenters. The van der Waals surface area contributed by atoms with Crippen LogP contribution < -0.4 is 4.74 Å². The first-order chi connectivity index (χ1) is 11.0. The molecule has 0 aliphatic heterocycles. The highest BCUT2D eigenvalue weighted by atomic mass is 16.5. The third kappa shape index (κ3) is 2.05. The van der Waals surface area contributed by atoms with Gasteiger partial charge in [0, 0.05) is 11.6 Å². The Morgan fingerprint density at radius 2 is 2.00 bits per heavy atom. The minimum Gasteiger partial charge on any atom is -0.508 e. The molecule has 0 unspecified atom stereocenters. The molecule has 0 spiro atoms. The molecule has 23 heavy (non-hydrogen) atoms. The minimum absolute atomic E-state index is 0.0943. The summed E-state index contributed by atoms with van der Waals surface area (Å²) in [7, 11) is 1.70. The first kappa shape index (κ1) is 15.3. The quantitative estimate of drug-likeness (QED) is 0.827. The number of methoxy groups -OCH3 is 1. The number of rotatable bonds is 1. The van der Waals surface area contributed by atoms with Crippen molar-refractivity contribution in [2.45, 2.75) is 58.0 Å². The van der Waals surface area contributed by atoms with Gasteiger partial charge in [-0.2, -0.15) is 0 Å². The average molecular weight is 316 g/mol. The maximum absolute atomic E-state index is 10.5. The zero-order valence-electron chi connectivity index (χ0n) is 14.4. The van der Waals surface area contributed by atoms with E-state index in [0.717, 1.165) is 37.9 Å². The van der Waals surface area contributed by atoms with Crippen LogP contribution in [0.4, 0.5) is 0 Å². The lowest BCUT2D eigenvalue weighted by Gasteiger charge is -2.52. The van der Waals surface area contributed by atoms with E-state index < -0.39 is 0 Å². The molecule has 0 radical (unpaired) electrons. The van der Waals surface area contributed by atoms with Crippen LogP contribution in [0.25, 0.3) is 0 Å². The minimum atomic E-state index is -0.135. The zero-order chi connectivity index (χ0) is 16.4. The van der Waals surface area contributed by atoms with Crippen molar-refractivity contribution in [1.29, 1.82) is 0 Å². The van der Waals surface area contributed by atoms with Gasteiger partial charge in [0.05, 0.1) is 13.2 Å². The summed E-state index contributed by atoms with van der Waals surface area (Å²) in [4.78, 5) is 0. The third-order valence-corrected chi connectivity index (χ3v) is 7.28. The molecule has 1 aromatic carbocycles. The van der Waals surface area contributed by atoms with Gasteiger partial charge >= 0.3 is 0 Å². The Bertz CT molecular complexity index is 626. The van der Waals surface area contributed by atoms with Crippen molar-refractivity contribution in [1.82, 2.24) is 0 Å². The van der Waals surface area contributed by atoms with Crippen molar-refractivity contribution >= 4 is 0 Å². The summed E-state index contributed by atoms with van der Waals surface area (Å²) in [6.07, 6.45) is 5.19. The lowest BCUT2D eigenvalue weighted by Crippen LogP contribution is -2.46. The van der Waals surface area contributed by atoms with Gasteiger partial charge < -0.3 is 14.9 Å². The molecular weight excluding hydrogens is 288 g/mol. The third-order valence-electron chi connectivity index (χ3n) is 7.28. The lowest BCUT2D eigenvalue weighted by molar-refractivity contribution is -0.0359. The number of phenolic OH excluding ortho intramolecular Hbond substituents is 1. The molecule has 3 nitrogen and oxygen atoms in total. The van der Waals surface area contributed by atoms with E-state index in [4.69, 9.17) is 4.74 Å². The number of ether oxygens (including phenoxy) is 1. The first-order valence-corrected chi connectivity index (χ1v) is 9.03. The highest BCUT2D eigenvalue weighted by Gasteiger charge is 2.56. The van der Waals surface area contributed by atoms with Crippen LogP contribution in [-0.4, -0.2) is 23.4 Å². The standard InChI is InChI=1S/C20H28O3/c1-11-8-12-9-13(21)10-16(23-3)19(12)14-6-7-20(2)15(18(11)14)4-5-17(20)22/h9-11,14-15,17-18,21-22H,4-8H2,1-3H3/t11-,14+,15+,17+,18-,20+/m1/s1. The van der Waals surface area contributed by atoms with Crippen molar-refractivity contribution in [3.63, 3.8) is 0 Å². The van der Waals surface area contributed by atoms with Gasteiger partial charge in [0.2, 0.25) is 0 Å². The molecule has 2 fully saturated rings. The molecule has 0 bridgehead atoms. The van der Waals surface area contributed by atoms with E-state index >= 15 is 0 Å². The van der Waals surface area contributed by atoms with Crippen LogP contribution in [-0.2, 0) is 6.42 Å². The Kier molecular flexibility index (Phi) is 3.42. The highest BCUT2D eigenvalue weighted by molar-refractivity contribution is 5.50. The van der Waals surface area contributed by atoms with Crippen LogP contribution in [0.5, 0.6) is 11.5 Å². The van der Waals surface area contributed by atoms with E-state index in [9.17, 15) is 10.2 Å². The smallest absolute Gasteiger partial charge is 0.126 e. The molecular formula is C20H28O3. The van der Waals surface area contributed by atoms with Crippen LogP contribution in [0, 0.1) is 23.2 Å². The normalized spacial score (nSPS) is 41.8. The molecule has 3 aliphatic rings. The summed E-state index contributed by atoms with van der Waals surface area (Å²) < 4.78 is 5.63. The SMILES string of the molecule is COc1cc(O)cc2c1[C@H]1CC[C@]3(C)[C@@H](O)CC[C@H]3[C@@H]1[C@H](C)C2. The maximum atomic E-state index is 10.5. The summed E-state index contributed by atoms with van der Waals surface area (Å²) in [5, 5.41) is 20.5. The number of hydrogen-bond donors (Lipinski definition) is 2. The van der Waals surface area contributed by atoms with Gasteiger partial charge in [0.25, 0.3) is 0 Å². The Hall–Kier alpha value is -1.22. The van der Waals surface area contributed by atoms with E-state index in [-0.39, 0.29) is 11.5 Å². The van der Waals surface area contributed by atoms with Gasteiger partial charge in [-0.1, -0.05) is 13.8 Å². The number of aromatic hydroxyl groups is 1. The zero-order valence-corrected chi connectivity index (χ0v) is 14.4. The van der Waals surface area contributed by atoms with Crippen LogP contribution in [0.1, 0.15) is 56.6 Å². The molecule has 3 aliphatic carbocycles. The van der Waals surface area contributed by atoms with Gasteiger partial charge in [-0.3, -0.25) is 0 Å². The maximum Gasteiger partial charge on any atom is 0.126 e.